The lowest BCUT2D eigenvalue weighted by Crippen LogP contribution is -2.78. The number of rotatable bonds is 8. The van der Waals surface area contributed by atoms with Crippen LogP contribution in [0.15, 0.2) is 58.4 Å². The summed E-state index contributed by atoms with van der Waals surface area (Å²) in [6.45, 7) is 10.2. The van der Waals surface area contributed by atoms with Gasteiger partial charge in [0.15, 0.2) is 5.78 Å². The molecule has 0 saturated heterocycles. The summed E-state index contributed by atoms with van der Waals surface area (Å²) in [5, 5.41) is 3.51. The molecule has 2 aromatic carbocycles. The number of sulfonamides is 1. The normalized spacial score (nSPS) is 27.8. The predicted molar refractivity (Wildman–Crippen MR) is 147 cm³/mol. The average Bonchev–Trinajstić information content (AvgIpc) is 3.08. The van der Waals surface area contributed by atoms with Gasteiger partial charge in [-0.2, -0.15) is 4.31 Å². The molecule has 2 aromatic rings. The first-order chi connectivity index (χ1) is 17.6. The number of hydrogen-bond acceptors (Lipinski definition) is 5. The van der Waals surface area contributed by atoms with Crippen molar-refractivity contribution in [3.8, 4) is 0 Å². The number of Topliss-reactive ketones (excluding diaryl/α,β-unsaturated/α-hetero) is 1. The number of carbonyl (C=O) groups excluding carboxylic acids is 1. The van der Waals surface area contributed by atoms with E-state index < -0.39 is 33.0 Å². The van der Waals surface area contributed by atoms with Crippen molar-refractivity contribution in [3.05, 3.63) is 64.9 Å². The Morgan fingerprint density at radius 3 is 2.34 bits per heavy atom. The molecule has 204 valence electrons. The Hall–Kier alpha value is -2.29. The highest BCUT2D eigenvalue weighted by molar-refractivity contribution is 7.89. The standard InChI is InChI=1S/C29H35ClFN3O3S/c1-26(2,3)14-23(35)24-27(4,5)33-25(32-24)28-16-29(17-28,18-28)34(15-19-11-12-21(30)22(31)13-19)38(36,37)20-9-7-6-8-10-20/h6-13,24H,14-18H2,1-5H3,(H,32,33)/t24-,28?,29?/m0/s1. The van der Waals surface area contributed by atoms with Crippen molar-refractivity contribution in [2.24, 2.45) is 15.8 Å². The molecule has 1 N–H and O–H groups in total. The Morgan fingerprint density at radius 2 is 1.76 bits per heavy atom. The highest BCUT2D eigenvalue weighted by atomic mass is 35.5. The number of carbonyl (C=O) groups is 1. The second-order valence-corrected chi connectivity index (χ2v) is 15.3. The minimum atomic E-state index is -3.86. The number of amidine groups is 1. The van der Waals surface area contributed by atoms with Gasteiger partial charge in [0.25, 0.3) is 0 Å². The molecule has 0 spiro atoms. The lowest BCUT2D eigenvalue weighted by Gasteiger charge is -2.73. The van der Waals surface area contributed by atoms with Crippen LogP contribution >= 0.6 is 11.6 Å². The van der Waals surface area contributed by atoms with E-state index in [2.05, 4.69) is 5.32 Å². The molecule has 1 aliphatic heterocycles. The highest BCUT2D eigenvalue weighted by Gasteiger charge is 2.75. The van der Waals surface area contributed by atoms with Gasteiger partial charge >= 0.3 is 0 Å². The predicted octanol–water partition coefficient (Wildman–Crippen LogP) is 5.75. The molecule has 9 heteroatoms. The van der Waals surface area contributed by atoms with Gasteiger partial charge in [-0.15, -0.1) is 0 Å². The summed E-state index contributed by atoms with van der Waals surface area (Å²) in [5.74, 6) is 0.351. The molecule has 0 amide bonds. The molecule has 0 radical (unpaired) electrons. The Kier molecular flexibility index (Phi) is 6.36. The summed E-state index contributed by atoms with van der Waals surface area (Å²) in [6, 6.07) is 12.3. The molecule has 0 aromatic heterocycles. The topological polar surface area (TPSA) is 78.8 Å². The van der Waals surface area contributed by atoms with Crippen LogP contribution in [0.25, 0.3) is 0 Å². The minimum Gasteiger partial charge on any atom is -0.366 e. The van der Waals surface area contributed by atoms with Crippen LogP contribution < -0.4 is 5.32 Å². The van der Waals surface area contributed by atoms with Crippen LogP contribution in [0.5, 0.6) is 0 Å². The Morgan fingerprint density at radius 1 is 1.13 bits per heavy atom. The van der Waals surface area contributed by atoms with E-state index >= 15 is 0 Å². The molecule has 38 heavy (non-hydrogen) atoms. The fourth-order valence-electron chi connectivity index (χ4n) is 6.34. The highest BCUT2D eigenvalue weighted by Crippen LogP contribution is 2.71. The van der Waals surface area contributed by atoms with Crippen LogP contribution in [-0.2, 0) is 21.4 Å². The molecule has 3 fully saturated rings. The van der Waals surface area contributed by atoms with Gasteiger partial charge in [0.1, 0.15) is 17.7 Å². The van der Waals surface area contributed by atoms with Crippen LogP contribution in [0, 0.1) is 16.6 Å². The van der Waals surface area contributed by atoms with Gasteiger partial charge in [0, 0.05) is 23.9 Å². The quantitative estimate of drug-likeness (QED) is 0.447. The summed E-state index contributed by atoms with van der Waals surface area (Å²) < 4.78 is 43.5. The molecule has 1 heterocycles. The summed E-state index contributed by atoms with van der Waals surface area (Å²) in [5.41, 5.74) is -0.956. The largest absolute Gasteiger partial charge is 0.366 e. The average molecular weight is 560 g/mol. The van der Waals surface area contributed by atoms with Gasteiger partial charge in [-0.1, -0.05) is 56.6 Å². The van der Waals surface area contributed by atoms with Crippen molar-refractivity contribution in [2.75, 3.05) is 0 Å². The molecular formula is C29H35ClFN3O3S. The van der Waals surface area contributed by atoms with Crippen LogP contribution in [-0.4, -0.2) is 41.5 Å². The van der Waals surface area contributed by atoms with Crippen molar-refractivity contribution in [2.45, 2.75) is 88.9 Å². The number of benzene rings is 2. The number of nitrogens with zero attached hydrogens (tertiary/aromatic N) is 2. The zero-order chi connectivity index (χ0) is 27.7. The fraction of sp³-hybridized carbons (Fsp3) is 0.517. The van der Waals surface area contributed by atoms with E-state index in [1.165, 1.54) is 16.4 Å². The molecule has 4 aliphatic rings. The van der Waals surface area contributed by atoms with Crippen molar-refractivity contribution in [1.29, 1.82) is 0 Å². The SMILES string of the molecule is CC(C)(C)CC(=O)[C@@H]1N=C(C23CC(N(Cc4ccc(Cl)c(F)c4)S(=O)(=O)c4ccccc4)(C2)C3)NC1(C)C. The zero-order valence-electron chi connectivity index (χ0n) is 22.5. The van der Waals surface area contributed by atoms with E-state index in [0.717, 1.165) is 5.84 Å². The molecule has 2 bridgehead atoms. The van der Waals surface area contributed by atoms with Crippen molar-refractivity contribution >= 4 is 33.2 Å². The zero-order valence-corrected chi connectivity index (χ0v) is 24.1. The number of hydrogen-bond donors (Lipinski definition) is 1. The first kappa shape index (κ1) is 27.3. The fourth-order valence-corrected chi connectivity index (χ4v) is 8.24. The van der Waals surface area contributed by atoms with E-state index in [1.54, 1.807) is 36.4 Å². The molecule has 0 unspecified atom stereocenters. The van der Waals surface area contributed by atoms with E-state index in [9.17, 15) is 17.6 Å². The Balaban J connectivity index is 1.42. The van der Waals surface area contributed by atoms with Gasteiger partial charge in [-0.05, 0) is 68.4 Å². The number of nitrogens with one attached hydrogen (secondary N) is 1. The van der Waals surface area contributed by atoms with E-state index in [4.69, 9.17) is 16.6 Å². The van der Waals surface area contributed by atoms with Crippen LogP contribution in [0.1, 0.15) is 65.9 Å². The third-order valence-corrected chi connectivity index (χ3v) is 10.3. The van der Waals surface area contributed by atoms with E-state index in [0.29, 0.717) is 31.2 Å². The smallest absolute Gasteiger partial charge is 0.243 e. The van der Waals surface area contributed by atoms with Gasteiger partial charge in [0.2, 0.25) is 10.0 Å². The summed E-state index contributed by atoms with van der Waals surface area (Å²) in [4.78, 5) is 18.2. The monoisotopic (exact) mass is 559 g/mol. The van der Waals surface area contributed by atoms with Gasteiger partial charge in [-0.3, -0.25) is 9.79 Å². The van der Waals surface area contributed by atoms with Crippen LogP contribution in [0.2, 0.25) is 5.02 Å². The molecule has 3 aliphatic carbocycles. The van der Waals surface area contributed by atoms with Gasteiger partial charge in [-0.25, -0.2) is 12.8 Å². The number of aliphatic imine (C=N–C) groups is 1. The first-order valence-electron chi connectivity index (χ1n) is 13.0. The van der Waals surface area contributed by atoms with Gasteiger partial charge in [0.05, 0.1) is 15.5 Å². The van der Waals surface area contributed by atoms with Crippen LogP contribution in [0.4, 0.5) is 4.39 Å². The maximum atomic E-state index is 14.2. The van der Waals surface area contributed by atoms with Crippen LogP contribution in [0.3, 0.4) is 0 Å². The maximum absolute atomic E-state index is 14.2. The third-order valence-electron chi connectivity index (χ3n) is 8.07. The molecule has 6 nitrogen and oxygen atoms in total. The second kappa shape index (κ2) is 8.86. The van der Waals surface area contributed by atoms with Crippen molar-refractivity contribution in [3.63, 3.8) is 0 Å². The maximum Gasteiger partial charge on any atom is 0.243 e. The lowest BCUT2D eigenvalue weighted by atomic mass is 9.38. The lowest BCUT2D eigenvalue weighted by molar-refractivity contribution is -0.151. The first-order valence-corrected chi connectivity index (χ1v) is 14.8. The van der Waals surface area contributed by atoms with E-state index in [-0.39, 0.29) is 33.1 Å². The summed E-state index contributed by atoms with van der Waals surface area (Å²) in [6.07, 6.45) is 2.25. The number of halogens is 2. The third kappa shape index (κ3) is 4.58. The molecule has 1 atom stereocenters. The summed E-state index contributed by atoms with van der Waals surface area (Å²) in [7, 11) is -3.86. The Labute approximate surface area is 229 Å². The number of ketones is 1. The van der Waals surface area contributed by atoms with Crippen molar-refractivity contribution < 1.29 is 17.6 Å². The summed E-state index contributed by atoms with van der Waals surface area (Å²) >= 11 is 5.87. The second-order valence-electron chi connectivity index (χ2n) is 13.0. The molecular weight excluding hydrogens is 525 g/mol. The van der Waals surface area contributed by atoms with Crippen molar-refractivity contribution in [1.82, 2.24) is 9.62 Å². The van der Waals surface area contributed by atoms with Gasteiger partial charge < -0.3 is 5.32 Å². The minimum absolute atomic E-state index is 0.000758. The molecule has 3 saturated carbocycles. The van der Waals surface area contributed by atoms with E-state index in [1.807, 2.05) is 34.6 Å². The molecule has 6 rings (SSSR count). The Bertz CT molecular complexity index is 1400.